The van der Waals surface area contributed by atoms with Gasteiger partial charge < -0.3 is 34.3 Å². The van der Waals surface area contributed by atoms with E-state index in [2.05, 4.69) is 0 Å². The van der Waals surface area contributed by atoms with E-state index in [1.165, 1.54) is 7.11 Å². The molecule has 2 aliphatic rings. The van der Waals surface area contributed by atoms with Crippen molar-refractivity contribution >= 4 is 21.5 Å². The molecule has 7 heteroatoms. The van der Waals surface area contributed by atoms with Crippen LogP contribution in [0, 0.1) is 5.21 Å². The second kappa shape index (κ2) is 6.63. The summed E-state index contributed by atoms with van der Waals surface area (Å²) in [7, 11) is 4.64. The molecule has 0 amide bonds. The SMILES string of the molecule is COc1cc2c3c(c4ccc(O)c(OC)c4c2cc1OC)[C@@H](O)[C@@H]1CCC[N+]1([O-])C3. The first-order valence-electron chi connectivity index (χ1n) is 10.1. The molecule has 158 valence electrons. The predicted molar refractivity (Wildman–Crippen MR) is 113 cm³/mol. The molecule has 2 aliphatic heterocycles. The lowest BCUT2D eigenvalue weighted by Gasteiger charge is -2.50. The number of aromatic hydroxyl groups is 1. The number of hydroxylamine groups is 3. The van der Waals surface area contributed by atoms with Crippen LogP contribution in [0.3, 0.4) is 0 Å². The molecule has 0 radical (unpaired) electrons. The summed E-state index contributed by atoms with van der Waals surface area (Å²) in [5, 5.41) is 38.4. The Morgan fingerprint density at radius 3 is 2.37 bits per heavy atom. The minimum atomic E-state index is -0.886. The van der Waals surface area contributed by atoms with Crippen molar-refractivity contribution in [3.05, 3.63) is 40.6 Å². The number of quaternary nitrogens is 1. The Morgan fingerprint density at radius 2 is 1.70 bits per heavy atom. The Labute approximate surface area is 174 Å². The van der Waals surface area contributed by atoms with Crippen LogP contribution in [0.15, 0.2) is 24.3 Å². The van der Waals surface area contributed by atoms with Crippen LogP contribution in [0.25, 0.3) is 21.5 Å². The Kier molecular flexibility index (Phi) is 4.25. The van der Waals surface area contributed by atoms with Gasteiger partial charge in [0.2, 0.25) is 0 Å². The molecule has 0 bridgehead atoms. The lowest BCUT2D eigenvalue weighted by molar-refractivity contribution is -0.912. The highest BCUT2D eigenvalue weighted by atomic mass is 16.6. The van der Waals surface area contributed by atoms with Gasteiger partial charge in [0, 0.05) is 29.4 Å². The summed E-state index contributed by atoms with van der Waals surface area (Å²) in [6.45, 7) is 0.801. The van der Waals surface area contributed by atoms with Gasteiger partial charge in [-0.1, -0.05) is 6.07 Å². The minimum absolute atomic E-state index is 0.0150. The summed E-state index contributed by atoms with van der Waals surface area (Å²) in [5.41, 5.74) is 1.58. The lowest BCUT2D eigenvalue weighted by atomic mass is 9.83. The molecule has 0 aromatic heterocycles. The number of methoxy groups -OCH3 is 3. The third-order valence-electron chi connectivity index (χ3n) is 6.80. The van der Waals surface area contributed by atoms with Crippen LogP contribution in [0.1, 0.15) is 30.1 Å². The van der Waals surface area contributed by atoms with E-state index < -0.39 is 10.8 Å². The van der Waals surface area contributed by atoms with Crippen molar-refractivity contribution in [1.29, 1.82) is 0 Å². The second-order valence-electron chi connectivity index (χ2n) is 8.17. The average Bonchev–Trinajstić information content (AvgIpc) is 3.14. The summed E-state index contributed by atoms with van der Waals surface area (Å²) < 4.78 is 16.2. The third kappa shape index (κ3) is 2.43. The summed E-state index contributed by atoms with van der Waals surface area (Å²) in [4.78, 5) is 0. The van der Waals surface area contributed by atoms with E-state index in [1.54, 1.807) is 26.4 Å². The number of aliphatic hydroxyl groups is 1. The number of phenols is 1. The van der Waals surface area contributed by atoms with Gasteiger partial charge in [0.1, 0.15) is 18.7 Å². The number of hydrogen-bond donors (Lipinski definition) is 2. The molecule has 7 nitrogen and oxygen atoms in total. The molecule has 3 atom stereocenters. The highest BCUT2D eigenvalue weighted by Crippen LogP contribution is 2.52. The van der Waals surface area contributed by atoms with Gasteiger partial charge in [-0.25, -0.2) is 0 Å². The molecule has 1 unspecified atom stereocenters. The van der Waals surface area contributed by atoms with Gasteiger partial charge in [-0.3, -0.25) is 0 Å². The number of hydrogen-bond acceptors (Lipinski definition) is 6. The molecule has 0 aliphatic carbocycles. The molecular formula is C23H25NO6. The van der Waals surface area contributed by atoms with Crippen molar-refractivity contribution in [2.24, 2.45) is 0 Å². The van der Waals surface area contributed by atoms with Crippen molar-refractivity contribution in [3.8, 4) is 23.0 Å². The van der Waals surface area contributed by atoms with Crippen molar-refractivity contribution < 1.29 is 29.1 Å². The first-order chi connectivity index (χ1) is 14.4. The summed E-state index contributed by atoms with van der Waals surface area (Å²) in [6, 6.07) is 6.69. The van der Waals surface area contributed by atoms with E-state index in [0.717, 1.165) is 33.7 Å². The topological polar surface area (TPSA) is 91.2 Å². The summed E-state index contributed by atoms with van der Waals surface area (Å²) >= 11 is 0. The zero-order valence-electron chi connectivity index (χ0n) is 17.3. The highest BCUT2D eigenvalue weighted by Gasteiger charge is 2.46. The highest BCUT2D eigenvalue weighted by molar-refractivity contribution is 6.15. The number of fused-ring (bicyclic) bond motifs is 7. The Hall–Kier alpha value is -2.74. The number of rotatable bonds is 3. The Balaban J connectivity index is 1.98. The van der Waals surface area contributed by atoms with Gasteiger partial charge in [0.15, 0.2) is 23.0 Å². The van der Waals surface area contributed by atoms with E-state index >= 15 is 0 Å². The average molecular weight is 411 g/mol. The molecular weight excluding hydrogens is 386 g/mol. The quantitative estimate of drug-likeness (QED) is 0.388. The van der Waals surface area contributed by atoms with Gasteiger partial charge in [0.25, 0.3) is 0 Å². The van der Waals surface area contributed by atoms with Gasteiger partial charge in [-0.05, 0) is 34.4 Å². The van der Waals surface area contributed by atoms with E-state index in [0.29, 0.717) is 42.1 Å². The number of aliphatic hydroxyl groups excluding tert-OH is 1. The van der Waals surface area contributed by atoms with Crippen LogP contribution >= 0.6 is 0 Å². The number of ether oxygens (including phenoxy) is 3. The maximum absolute atomic E-state index is 13.5. The monoisotopic (exact) mass is 411 g/mol. The first-order valence-corrected chi connectivity index (χ1v) is 10.1. The maximum atomic E-state index is 13.5. The van der Waals surface area contributed by atoms with Crippen LogP contribution in [-0.2, 0) is 6.54 Å². The molecule has 3 aromatic carbocycles. The third-order valence-corrected chi connectivity index (χ3v) is 6.80. The largest absolute Gasteiger partial charge is 0.632 e. The van der Waals surface area contributed by atoms with Gasteiger partial charge >= 0.3 is 0 Å². The summed E-state index contributed by atoms with van der Waals surface area (Å²) in [6.07, 6.45) is 0.615. The van der Waals surface area contributed by atoms with E-state index in [4.69, 9.17) is 14.2 Å². The second-order valence-corrected chi connectivity index (χ2v) is 8.17. The van der Waals surface area contributed by atoms with E-state index in [-0.39, 0.29) is 11.8 Å². The van der Waals surface area contributed by atoms with Gasteiger partial charge in [-0.2, -0.15) is 0 Å². The van der Waals surface area contributed by atoms with Gasteiger partial charge in [-0.15, -0.1) is 0 Å². The molecule has 5 rings (SSSR count). The van der Waals surface area contributed by atoms with Crippen LogP contribution in [-0.4, -0.2) is 48.8 Å². The molecule has 30 heavy (non-hydrogen) atoms. The lowest BCUT2D eigenvalue weighted by Crippen LogP contribution is -2.51. The van der Waals surface area contributed by atoms with Crippen LogP contribution < -0.4 is 14.2 Å². The van der Waals surface area contributed by atoms with Crippen LogP contribution in [0.4, 0.5) is 0 Å². The molecule has 0 spiro atoms. The van der Waals surface area contributed by atoms with Crippen molar-refractivity contribution in [1.82, 2.24) is 0 Å². The number of phenolic OH excluding ortho intramolecular Hbond substituents is 1. The van der Waals surface area contributed by atoms with Crippen LogP contribution in [0.2, 0.25) is 0 Å². The molecule has 1 saturated heterocycles. The van der Waals surface area contributed by atoms with Crippen LogP contribution in [0.5, 0.6) is 23.0 Å². The fraction of sp³-hybridized carbons (Fsp3) is 0.391. The molecule has 2 N–H and O–H groups in total. The maximum Gasteiger partial charge on any atom is 0.168 e. The van der Waals surface area contributed by atoms with E-state index in [9.17, 15) is 15.4 Å². The van der Waals surface area contributed by atoms with Gasteiger partial charge in [0.05, 0.1) is 27.9 Å². The number of nitrogens with zero attached hydrogens (tertiary/aromatic N) is 1. The first kappa shape index (κ1) is 19.2. The zero-order valence-corrected chi connectivity index (χ0v) is 17.3. The van der Waals surface area contributed by atoms with Crippen molar-refractivity contribution in [3.63, 3.8) is 0 Å². The minimum Gasteiger partial charge on any atom is -0.632 e. The fourth-order valence-electron chi connectivity index (χ4n) is 5.46. The summed E-state index contributed by atoms with van der Waals surface area (Å²) in [5.74, 6) is 1.43. The van der Waals surface area contributed by atoms with E-state index in [1.807, 2.05) is 12.1 Å². The molecule has 3 aromatic rings. The number of benzene rings is 3. The smallest absolute Gasteiger partial charge is 0.168 e. The predicted octanol–water partition coefficient (Wildman–Crippen LogP) is 3.75. The standard InChI is InChI=1S/C23H25NO6/c1-28-18-9-13-14(10-19(18)29-2)21-12(6-7-17(25)23(21)30-3)20-15(13)11-24(27)8-4-5-16(24)22(20)26/h6-7,9-10,16,22,25-26H,4-5,8,11H2,1-3H3/t16-,22-,24?/m0/s1. The molecule has 1 fully saturated rings. The fourth-order valence-corrected chi connectivity index (χ4v) is 5.46. The zero-order chi connectivity index (χ0) is 21.2. The van der Waals surface area contributed by atoms with Crippen molar-refractivity contribution in [2.75, 3.05) is 27.9 Å². The molecule has 2 heterocycles. The van der Waals surface area contributed by atoms with Crippen molar-refractivity contribution in [2.45, 2.75) is 31.5 Å². The molecule has 0 saturated carbocycles. The Bertz CT molecular complexity index is 1180. The normalized spacial score (nSPS) is 25.2. The Morgan fingerprint density at radius 1 is 1.00 bits per heavy atom.